The van der Waals surface area contributed by atoms with Gasteiger partial charge in [0, 0.05) is 18.3 Å². The molecule has 37 heavy (non-hydrogen) atoms. The molecule has 0 saturated heterocycles. The molecule has 0 heterocycles. The lowest BCUT2D eigenvalue weighted by Gasteiger charge is -2.14. The van der Waals surface area contributed by atoms with Gasteiger partial charge < -0.3 is 19.6 Å². The molecule has 0 aliphatic carbocycles. The molecule has 11 heteroatoms. The zero-order valence-electron chi connectivity index (χ0n) is 20.0. The Hall–Kier alpha value is -4.14. The fraction of sp³-hybridized carbons (Fsp3) is 0.115. The van der Waals surface area contributed by atoms with Crippen LogP contribution in [0.25, 0.3) is 6.08 Å². The van der Waals surface area contributed by atoms with Gasteiger partial charge in [-0.2, -0.15) is 13.7 Å². The van der Waals surface area contributed by atoms with Gasteiger partial charge in [0.2, 0.25) is 5.91 Å². The van der Waals surface area contributed by atoms with Crippen molar-refractivity contribution in [1.29, 1.82) is 5.26 Å². The average molecular weight is 584 g/mol. The van der Waals surface area contributed by atoms with Crippen LogP contribution in [0.5, 0.6) is 11.5 Å². The first-order valence-electron chi connectivity index (χ1n) is 10.7. The van der Waals surface area contributed by atoms with E-state index < -0.39 is 16.0 Å². The number of amides is 2. The molecule has 0 bridgehead atoms. The van der Waals surface area contributed by atoms with Gasteiger partial charge in [0.15, 0.2) is 11.5 Å². The second-order valence-corrected chi connectivity index (χ2v) is 10.2. The lowest BCUT2D eigenvalue weighted by Crippen LogP contribution is -2.13. The highest BCUT2D eigenvalue weighted by atomic mass is 79.9. The Morgan fingerprint density at radius 2 is 1.73 bits per heavy atom. The molecular formula is C26H22BrN3O6S. The molecule has 0 aliphatic rings. The molecule has 0 aliphatic heterocycles. The SMILES string of the molecule is COc1cc(/C=C(\C#N)C(=O)Nc2cccc(C)c2)cc(Br)c1OS(=O)(=O)c1ccc(NC(C)=O)cc1. The first kappa shape index (κ1) is 27.4. The van der Waals surface area contributed by atoms with E-state index in [0.29, 0.717) is 16.9 Å². The molecule has 3 rings (SSSR count). The van der Waals surface area contributed by atoms with Crippen molar-refractivity contribution in [3.63, 3.8) is 0 Å². The van der Waals surface area contributed by atoms with E-state index in [-0.39, 0.29) is 32.3 Å². The number of nitriles is 1. The number of halogens is 1. The summed E-state index contributed by atoms with van der Waals surface area (Å²) >= 11 is 3.28. The van der Waals surface area contributed by atoms with Gasteiger partial charge in [-0.05, 0) is 88.6 Å². The van der Waals surface area contributed by atoms with Gasteiger partial charge in [-0.1, -0.05) is 12.1 Å². The van der Waals surface area contributed by atoms with Gasteiger partial charge in [-0.3, -0.25) is 9.59 Å². The zero-order chi connectivity index (χ0) is 27.2. The van der Waals surface area contributed by atoms with Gasteiger partial charge >= 0.3 is 10.1 Å². The Kier molecular flexibility index (Phi) is 8.70. The van der Waals surface area contributed by atoms with Crippen LogP contribution in [0.15, 0.2) is 75.6 Å². The summed E-state index contributed by atoms with van der Waals surface area (Å²) in [7, 11) is -2.93. The Morgan fingerprint density at radius 1 is 1.03 bits per heavy atom. The smallest absolute Gasteiger partial charge is 0.339 e. The first-order chi connectivity index (χ1) is 17.5. The standard InChI is InChI=1S/C26H22BrN3O6S/c1-16-5-4-6-21(11-16)30-26(32)19(15-28)12-18-13-23(27)25(24(14-18)35-3)36-37(33,34)22-9-7-20(8-10-22)29-17(2)31/h4-14H,1-3H3,(H,29,31)(H,30,32)/b19-12+. The third-order valence-corrected chi connectivity index (χ3v) is 6.68. The van der Waals surface area contributed by atoms with Gasteiger partial charge in [0.1, 0.15) is 16.5 Å². The molecule has 2 N–H and O–H groups in total. The predicted molar refractivity (Wildman–Crippen MR) is 143 cm³/mol. The van der Waals surface area contributed by atoms with Crippen LogP contribution in [0, 0.1) is 18.3 Å². The van der Waals surface area contributed by atoms with Crippen molar-refractivity contribution in [2.75, 3.05) is 17.7 Å². The molecule has 0 spiro atoms. The summed E-state index contributed by atoms with van der Waals surface area (Å²) in [4.78, 5) is 23.7. The Labute approximate surface area is 223 Å². The van der Waals surface area contributed by atoms with Gasteiger partial charge in [0.25, 0.3) is 5.91 Å². The summed E-state index contributed by atoms with van der Waals surface area (Å²) in [6.45, 7) is 3.22. The largest absolute Gasteiger partial charge is 0.493 e. The average Bonchev–Trinajstić information content (AvgIpc) is 2.83. The van der Waals surface area contributed by atoms with E-state index >= 15 is 0 Å². The number of anilines is 2. The summed E-state index contributed by atoms with van der Waals surface area (Å²) in [6.07, 6.45) is 1.34. The van der Waals surface area contributed by atoms with Crippen LogP contribution in [0.1, 0.15) is 18.1 Å². The second kappa shape index (κ2) is 11.7. The summed E-state index contributed by atoms with van der Waals surface area (Å²) in [6, 6.07) is 17.4. The van der Waals surface area contributed by atoms with Gasteiger partial charge in [-0.25, -0.2) is 0 Å². The molecule has 0 unspecified atom stereocenters. The van der Waals surface area contributed by atoms with Crippen molar-refractivity contribution < 1.29 is 26.9 Å². The van der Waals surface area contributed by atoms with E-state index in [2.05, 4.69) is 26.6 Å². The highest BCUT2D eigenvalue weighted by molar-refractivity contribution is 9.10. The number of hydrogen-bond donors (Lipinski definition) is 2. The molecule has 0 fully saturated rings. The molecule has 0 radical (unpaired) electrons. The Balaban J connectivity index is 1.87. The molecule has 0 atom stereocenters. The van der Waals surface area contributed by atoms with Gasteiger partial charge in [-0.15, -0.1) is 0 Å². The number of carbonyl (C=O) groups is 2. The summed E-state index contributed by atoms with van der Waals surface area (Å²) in [5.41, 5.74) is 2.15. The van der Waals surface area contributed by atoms with Crippen LogP contribution in [0.4, 0.5) is 11.4 Å². The maximum atomic E-state index is 12.9. The molecule has 2 amide bonds. The van der Waals surface area contributed by atoms with Crippen molar-refractivity contribution in [2.24, 2.45) is 0 Å². The fourth-order valence-electron chi connectivity index (χ4n) is 3.21. The van der Waals surface area contributed by atoms with Crippen molar-refractivity contribution >= 4 is 55.3 Å². The maximum Gasteiger partial charge on any atom is 0.339 e. The monoisotopic (exact) mass is 583 g/mol. The van der Waals surface area contributed by atoms with Crippen LogP contribution < -0.4 is 19.6 Å². The molecule has 9 nitrogen and oxygen atoms in total. The third kappa shape index (κ3) is 7.19. The molecule has 3 aromatic rings. The van der Waals surface area contributed by atoms with Crippen molar-refractivity contribution in [3.8, 4) is 17.6 Å². The number of nitrogens with zero attached hydrogens (tertiary/aromatic N) is 1. The van der Waals surface area contributed by atoms with Crippen LogP contribution in [0.2, 0.25) is 0 Å². The predicted octanol–water partition coefficient (Wildman–Crippen LogP) is 5.04. The number of nitrogens with one attached hydrogen (secondary N) is 2. The number of aryl methyl sites for hydroxylation is 1. The highest BCUT2D eigenvalue weighted by Gasteiger charge is 2.22. The van der Waals surface area contributed by atoms with E-state index in [1.54, 1.807) is 18.2 Å². The number of rotatable bonds is 8. The van der Waals surface area contributed by atoms with Crippen LogP contribution in [0.3, 0.4) is 0 Å². The van der Waals surface area contributed by atoms with E-state index in [9.17, 15) is 23.3 Å². The summed E-state index contributed by atoms with van der Waals surface area (Å²) < 4.78 is 36.6. The van der Waals surface area contributed by atoms with Crippen molar-refractivity contribution in [2.45, 2.75) is 18.7 Å². The van der Waals surface area contributed by atoms with E-state index in [1.165, 1.54) is 56.5 Å². The number of methoxy groups -OCH3 is 1. The molecular weight excluding hydrogens is 562 g/mol. The molecule has 3 aromatic carbocycles. The maximum absolute atomic E-state index is 12.9. The molecule has 0 saturated carbocycles. The molecule has 0 aromatic heterocycles. The van der Waals surface area contributed by atoms with E-state index in [1.807, 2.05) is 19.1 Å². The second-order valence-electron chi connectivity index (χ2n) is 7.77. The van der Waals surface area contributed by atoms with Crippen LogP contribution in [-0.2, 0) is 19.7 Å². The first-order valence-corrected chi connectivity index (χ1v) is 12.9. The molecule has 190 valence electrons. The van der Waals surface area contributed by atoms with E-state index in [4.69, 9.17) is 8.92 Å². The quantitative estimate of drug-likeness (QED) is 0.215. The Morgan fingerprint density at radius 3 is 2.32 bits per heavy atom. The van der Waals surface area contributed by atoms with Gasteiger partial charge in [0.05, 0.1) is 11.6 Å². The topological polar surface area (TPSA) is 135 Å². The zero-order valence-corrected chi connectivity index (χ0v) is 22.4. The number of ether oxygens (including phenoxy) is 1. The van der Waals surface area contributed by atoms with Crippen molar-refractivity contribution in [1.82, 2.24) is 0 Å². The minimum Gasteiger partial charge on any atom is -0.493 e. The highest BCUT2D eigenvalue weighted by Crippen LogP contribution is 2.39. The summed E-state index contributed by atoms with van der Waals surface area (Å²) in [5.74, 6) is -0.959. The number of benzene rings is 3. The van der Waals surface area contributed by atoms with Crippen molar-refractivity contribution in [3.05, 3.63) is 81.8 Å². The number of hydrogen-bond acceptors (Lipinski definition) is 7. The lowest BCUT2D eigenvalue weighted by atomic mass is 10.1. The normalized spacial score (nSPS) is 11.3. The van der Waals surface area contributed by atoms with Crippen LogP contribution in [-0.4, -0.2) is 27.3 Å². The fourth-order valence-corrected chi connectivity index (χ4v) is 4.81. The lowest BCUT2D eigenvalue weighted by molar-refractivity contribution is -0.114. The van der Waals surface area contributed by atoms with E-state index in [0.717, 1.165) is 5.56 Å². The Bertz CT molecular complexity index is 1530. The minimum atomic E-state index is -4.26. The minimum absolute atomic E-state index is 0.0513. The third-order valence-electron chi connectivity index (χ3n) is 4.86. The summed E-state index contributed by atoms with van der Waals surface area (Å²) in [5, 5.41) is 14.8. The van der Waals surface area contributed by atoms with Crippen LogP contribution >= 0.6 is 15.9 Å². The number of carbonyl (C=O) groups excluding carboxylic acids is 2.